The van der Waals surface area contributed by atoms with E-state index >= 15 is 0 Å². The van der Waals surface area contributed by atoms with Crippen LogP contribution in [0, 0.1) is 13.8 Å². The minimum absolute atomic E-state index is 0.244. The van der Waals surface area contributed by atoms with Gasteiger partial charge in [0.1, 0.15) is 16.2 Å². The maximum Gasteiger partial charge on any atom is 0.336 e. The van der Waals surface area contributed by atoms with Gasteiger partial charge in [0.2, 0.25) is 0 Å². The fourth-order valence-electron chi connectivity index (χ4n) is 2.60. The van der Waals surface area contributed by atoms with Gasteiger partial charge in [0, 0.05) is 17.1 Å². The van der Waals surface area contributed by atoms with Crippen LogP contribution in [-0.2, 0) is 0 Å². The Bertz CT molecular complexity index is 1190. The summed E-state index contributed by atoms with van der Waals surface area (Å²) in [5.41, 5.74) is 1.32. The second-order valence-corrected chi connectivity index (χ2v) is 6.80. The summed E-state index contributed by atoms with van der Waals surface area (Å²) in [6, 6.07) is 11.8. The van der Waals surface area contributed by atoms with Crippen LogP contribution in [0.5, 0.6) is 0 Å². The van der Waals surface area contributed by atoms with Gasteiger partial charge in [0.15, 0.2) is 10.8 Å². The van der Waals surface area contributed by atoms with Crippen LogP contribution < -0.4 is 10.9 Å². The minimum atomic E-state index is -0.407. The fourth-order valence-corrected chi connectivity index (χ4v) is 3.52. The Hall–Kier alpha value is -3.19. The third-order valence-electron chi connectivity index (χ3n) is 3.83. The van der Waals surface area contributed by atoms with Crippen LogP contribution in [0.2, 0.25) is 0 Å². The molecule has 0 aliphatic carbocycles. The van der Waals surface area contributed by atoms with Gasteiger partial charge in [0.25, 0.3) is 5.91 Å². The molecule has 6 nitrogen and oxygen atoms in total. The Labute approximate surface area is 152 Å². The summed E-state index contributed by atoms with van der Waals surface area (Å²) >= 11 is 1.28. The van der Waals surface area contributed by atoms with E-state index < -0.39 is 5.63 Å². The highest BCUT2D eigenvalue weighted by molar-refractivity contribution is 7.17. The molecule has 26 heavy (non-hydrogen) atoms. The molecule has 1 aromatic carbocycles. The number of aryl methyl sites for hydroxylation is 2. The van der Waals surface area contributed by atoms with Gasteiger partial charge in [-0.15, -0.1) is 11.3 Å². The third-order valence-corrected chi connectivity index (χ3v) is 5.00. The molecule has 0 bridgehead atoms. The van der Waals surface area contributed by atoms with Crippen LogP contribution >= 0.6 is 11.3 Å². The largest absolute Gasteiger partial charge is 0.459 e. The maximum absolute atomic E-state index is 12.6. The lowest BCUT2D eigenvalue weighted by Gasteiger charge is -2.05. The maximum atomic E-state index is 12.6. The quantitative estimate of drug-likeness (QED) is 0.544. The van der Waals surface area contributed by atoms with E-state index in [1.807, 2.05) is 19.1 Å². The number of nitrogens with zero attached hydrogens (tertiary/aromatic N) is 1. The van der Waals surface area contributed by atoms with E-state index in [1.54, 1.807) is 31.2 Å². The second-order valence-electron chi connectivity index (χ2n) is 5.81. The number of hydrogen-bond donors (Lipinski definition) is 1. The summed E-state index contributed by atoms with van der Waals surface area (Å²) in [6.07, 6.45) is 0. The van der Waals surface area contributed by atoms with E-state index in [0.29, 0.717) is 32.6 Å². The summed E-state index contributed by atoms with van der Waals surface area (Å²) in [5.74, 6) is 1.20. The Balaban J connectivity index is 1.61. The van der Waals surface area contributed by atoms with Gasteiger partial charge >= 0.3 is 5.63 Å². The molecule has 0 unspecified atom stereocenters. The van der Waals surface area contributed by atoms with E-state index in [9.17, 15) is 9.59 Å². The average Bonchev–Trinajstić information content (AvgIpc) is 3.21. The molecule has 7 heteroatoms. The van der Waals surface area contributed by atoms with Crippen molar-refractivity contribution in [2.24, 2.45) is 0 Å². The predicted octanol–water partition coefficient (Wildman–Crippen LogP) is 4.38. The molecule has 0 fully saturated rings. The van der Waals surface area contributed by atoms with Crippen LogP contribution in [0.15, 0.2) is 56.1 Å². The van der Waals surface area contributed by atoms with Crippen LogP contribution in [0.25, 0.3) is 21.7 Å². The molecular weight excluding hydrogens is 352 g/mol. The number of hydrogen-bond acceptors (Lipinski definition) is 6. The van der Waals surface area contributed by atoms with Crippen molar-refractivity contribution in [2.75, 3.05) is 5.32 Å². The van der Waals surface area contributed by atoms with Crippen molar-refractivity contribution in [2.45, 2.75) is 13.8 Å². The van der Waals surface area contributed by atoms with Gasteiger partial charge in [-0.1, -0.05) is 0 Å². The molecule has 0 spiro atoms. The van der Waals surface area contributed by atoms with Crippen LogP contribution in [-0.4, -0.2) is 10.9 Å². The van der Waals surface area contributed by atoms with Crippen molar-refractivity contribution in [1.29, 1.82) is 0 Å². The van der Waals surface area contributed by atoms with E-state index in [-0.39, 0.29) is 5.91 Å². The number of amides is 1. The molecule has 3 aromatic heterocycles. The van der Waals surface area contributed by atoms with E-state index in [2.05, 4.69) is 10.3 Å². The lowest BCUT2D eigenvalue weighted by molar-refractivity contribution is 0.103. The Morgan fingerprint density at radius 1 is 1.08 bits per heavy atom. The first-order valence-electron chi connectivity index (χ1n) is 7.89. The molecule has 4 rings (SSSR count). The molecule has 0 radical (unpaired) electrons. The number of nitrogens with one attached hydrogen (secondary N) is 1. The van der Waals surface area contributed by atoms with Crippen molar-refractivity contribution in [3.05, 3.63) is 69.2 Å². The molecule has 0 atom stereocenters. The monoisotopic (exact) mass is 366 g/mol. The zero-order chi connectivity index (χ0) is 18.3. The van der Waals surface area contributed by atoms with Crippen LogP contribution in [0.4, 0.5) is 5.69 Å². The van der Waals surface area contributed by atoms with E-state index in [0.717, 1.165) is 11.1 Å². The van der Waals surface area contributed by atoms with Crippen molar-refractivity contribution in [3.8, 4) is 10.8 Å². The van der Waals surface area contributed by atoms with Crippen molar-refractivity contribution < 1.29 is 13.6 Å². The van der Waals surface area contributed by atoms with Gasteiger partial charge < -0.3 is 14.2 Å². The zero-order valence-electron chi connectivity index (χ0n) is 14.0. The topological polar surface area (TPSA) is 85.3 Å². The van der Waals surface area contributed by atoms with Crippen LogP contribution in [0.1, 0.15) is 21.1 Å². The van der Waals surface area contributed by atoms with E-state index in [4.69, 9.17) is 8.83 Å². The number of furan rings is 1. The summed E-state index contributed by atoms with van der Waals surface area (Å²) in [6.45, 7) is 3.65. The van der Waals surface area contributed by atoms with Crippen molar-refractivity contribution in [3.63, 3.8) is 0 Å². The normalized spacial score (nSPS) is 11.0. The number of anilines is 1. The Morgan fingerprint density at radius 3 is 2.69 bits per heavy atom. The third kappa shape index (κ3) is 3.04. The van der Waals surface area contributed by atoms with Gasteiger partial charge in [-0.05, 0) is 50.2 Å². The molecule has 4 aromatic rings. The molecule has 0 aliphatic rings. The average molecular weight is 366 g/mol. The molecule has 1 N–H and O–H groups in total. The first kappa shape index (κ1) is 16.3. The predicted molar refractivity (Wildman–Crippen MR) is 99.7 cm³/mol. The Kier molecular flexibility index (Phi) is 3.93. The van der Waals surface area contributed by atoms with Crippen molar-refractivity contribution >= 4 is 33.9 Å². The number of aromatic nitrogens is 1. The molecule has 0 aliphatic heterocycles. The minimum Gasteiger partial charge on any atom is -0.459 e. The summed E-state index contributed by atoms with van der Waals surface area (Å²) in [7, 11) is 0. The number of carbonyl (C=O) groups is 1. The van der Waals surface area contributed by atoms with Gasteiger partial charge in [-0.3, -0.25) is 4.79 Å². The molecule has 1 amide bonds. The highest BCUT2D eigenvalue weighted by Gasteiger charge is 2.18. The molecule has 0 saturated heterocycles. The lowest BCUT2D eigenvalue weighted by Crippen LogP contribution is -2.11. The summed E-state index contributed by atoms with van der Waals surface area (Å²) in [4.78, 5) is 28.8. The molecule has 0 saturated carbocycles. The molecular formula is C19H14N2O4S. The van der Waals surface area contributed by atoms with Gasteiger partial charge in [0.05, 0.1) is 5.69 Å². The Morgan fingerprint density at radius 2 is 1.92 bits per heavy atom. The molecule has 130 valence electrons. The standard InChI is InChI=1S/C19H14N2O4S/c1-10-3-6-15(24-10)19-20-11(2)17(26-19)18(23)21-13-5-7-14-12(9-13)4-8-16(22)25-14/h3-9H,1-2H3,(H,21,23). The van der Waals surface area contributed by atoms with Crippen molar-refractivity contribution in [1.82, 2.24) is 4.98 Å². The van der Waals surface area contributed by atoms with Gasteiger partial charge in [-0.2, -0.15) is 0 Å². The van der Waals surface area contributed by atoms with Crippen LogP contribution in [0.3, 0.4) is 0 Å². The fraction of sp³-hybridized carbons (Fsp3) is 0.105. The zero-order valence-corrected chi connectivity index (χ0v) is 14.8. The smallest absolute Gasteiger partial charge is 0.336 e. The number of rotatable bonds is 3. The second kappa shape index (κ2) is 6.27. The van der Waals surface area contributed by atoms with Gasteiger partial charge in [-0.25, -0.2) is 9.78 Å². The number of carbonyl (C=O) groups excluding carboxylic acids is 1. The lowest BCUT2D eigenvalue weighted by atomic mass is 10.2. The number of thiazole rings is 1. The highest BCUT2D eigenvalue weighted by atomic mass is 32.1. The summed E-state index contributed by atoms with van der Waals surface area (Å²) < 4.78 is 10.7. The molecule has 3 heterocycles. The first-order valence-corrected chi connectivity index (χ1v) is 8.71. The first-order chi connectivity index (χ1) is 12.5. The SMILES string of the molecule is Cc1ccc(-c2nc(C)c(C(=O)Nc3ccc4oc(=O)ccc4c3)s2)o1. The van der Waals surface area contributed by atoms with E-state index in [1.165, 1.54) is 17.4 Å². The highest BCUT2D eigenvalue weighted by Crippen LogP contribution is 2.30. The number of fused-ring (bicyclic) bond motifs is 1. The summed E-state index contributed by atoms with van der Waals surface area (Å²) in [5, 5.41) is 4.26. The number of benzene rings is 1.